The highest BCUT2D eigenvalue weighted by molar-refractivity contribution is 5.82. The molecule has 0 saturated heterocycles. The van der Waals surface area contributed by atoms with Crippen molar-refractivity contribution in [1.82, 2.24) is 5.32 Å². The van der Waals surface area contributed by atoms with Gasteiger partial charge in [-0.1, -0.05) is 30.3 Å². The first-order valence-electron chi connectivity index (χ1n) is 6.18. The Morgan fingerprint density at radius 3 is 2.45 bits per heavy atom. The maximum Gasteiger partial charge on any atom is 0.326 e. The first-order valence-corrected chi connectivity index (χ1v) is 6.18. The number of benzene rings is 1. The lowest BCUT2D eigenvalue weighted by molar-refractivity contribution is -0.146. The fraction of sp³-hybridized carbons (Fsp3) is 0.357. The third-order valence-corrected chi connectivity index (χ3v) is 2.56. The lowest BCUT2D eigenvalue weighted by atomic mass is 10.1. The molecule has 0 aliphatic heterocycles. The highest BCUT2D eigenvalue weighted by Crippen LogP contribution is 2.04. The monoisotopic (exact) mass is 279 g/mol. The van der Waals surface area contributed by atoms with Gasteiger partial charge in [0.2, 0.25) is 5.91 Å². The van der Waals surface area contributed by atoms with E-state index in [1.54, 1.807) is 0 Å². The van der Waals surface area contributed by atoms with Crippen molar-refractivity contribution in [2.45, 2.75) is 32.4 Å². The number of amides is 1. The molecule has 0 radical (unpaired) electrons. The van der Waals surface area contributed by atoms with Crippen LogP contribution in [0.1, 0.15) is 25.3 Å². The first-order chi connectivity index (χ1) is 9.49. The van der Waals surface area contributed by atoms with Crippen LogP contribution >= 0.6 is 0 Å². The Bertz CT molecular complexity index is 472. The Morgan fingerprint density at radius 2 is 1.90 bits per heavy atom. The van der Waals surface area contributed by atoms with Crippen LogP contribution in [-0.2, 0) is 25.7 Å². The number of hydrogen-bond donors (Lipinski definition) is 2. The third-order valence-electron chi connectivity index (χ3n) is 2.56. The average molecular weight is 279 g/mol. The Hall–Kier alpha value is -2.37. The van der Waals surface area contributed by atoms with Crippen LogP contribution in [0.25, 0.3) is 0 Å². The molecule has 0 aliphatic carbocycles. The zero-order valence-corrected chi connectivity index (χ0v) is 11.2. The van der Waals surface area contributed by atoms with Gasteiger partial charge < -0.3 is 15.2 Å². The minimum absolute atomic E-state index is 0.00252. The average Bonchev–Trinajstić information content (AvgIpc) is 2.41. The second-order valence-electron chi connectivity index (χ2n) is 4.28. The second kappa shape index (κ2) is 7.93. The smallest absolute Gasteiger partial charge is 0.326 e. The van der Waals surface area contributed by atoms with Gasteiger partial charge in [-0.2, -0.15) is 0 Å². The van der Waals surface area contributed by atoms with E-state index in [0.717, 1.165) is 5.56 Å². The van der Waals surface area contributed by atoms with E-state index in [2.05, 4.69) is 5.32 Å². The van der Waals surface area contributed by atoms with Crippen LogP contribution in [-0.4, -0.2) is 29.0 Å². The maximum atomic E-state index is 11.5. The number of nitrogens with one attached hydrogen (secondary N) is 1. The summed E-state index contributed by atoms with van der Waals surface area (Å²) in [7, 11) is 0. The molecule has 6 heteroatoms. The number of rotatable bonds is 7. The van der Waals surface area contributed by atoms with Gasteiger partial charge in [0.1, 0.15) is 12.6 Å². The van der Waals surface area contributed by atoms with Gasteiger partial charge in [0, 0.05) is 13.3 Å². The van der Waals surface area contributed by atoms with E-state index in [9.17, 15) is 14.4 Å². The number of ether oxygens (including phenoxy) is 1. The molecule has 0 fully saturated rings. The van der Waals surface area contributed by atoms with Crippen LogP contribution in [0.4, 0.5) is 0 Å². The van der Waals surface area contributed by atoms with Gasteiger partial charge >= 0.3 is 11.9 Å². The van der Waals surface area contributed by atoms with Gasteiger partial charge in [0.25, 0.3) is 0 Å². The molecule has 6 nitrogen and oxygen atoms in total. The minimum atomic E-state index is -1.17. The number of carbonyl (C=O) groups excluding carboxylic acids is 2. The van der Waals surface area contributed by atoms with Crippen molar-refractivity contribution < 1.29 is 24.2 Å². The molecular weight excluding hydrogens is 262 g/mol. The molecule has 1 aromatic carbocycles. The molecule has 108 valence electrons. The minimum Gasteiger partial charge on any atom is -0.480 e. The van der Waals surface area contributed by atoms with Crippen molar-refractivity contribution in [3.05, 3.63) is 35.9 Å². The van der Waals surface area contributed by atoms with E-state index in [-0.39, 0.29) is 19.4 Å². The molecule has 0 spiro atoms. The van der Waals surface area contributed by atoms with Crippen molar-refractivity contribution >= 4 is 17.8 Å². The van der Waals surface area contributed by atoms with Crippen LogP contribution in [0.5, 0.6) is 0 Å². The molecule has 0 bridgehead atoms. The topological polar surface area (TPSA) is 92.7 Å². The van der Waals surface area contributed by atoms with E-state index in [0.29, 0.717) is 0 Å². The highest BCUT2D eigenvalue weighted by Gasteiger charge is 2.19. The van der Waals surface area contributed by atoms with Gasteiger partial charge in [-0.05, 0) is 12.0 Å². The largest absolute Gasteiger partial charge is 0.480 e. The number of carboxylic acid groups (broad SMARTS) is 1. The molecule has 0 heterocycles. The number of carboxylic acids is 1. The van der Waals surface area contributed by atoms with Gasteiger partial charge in [-0.25, -0.2) is 4.79 Å². The van der Waals surface area contributed by atoms with E-state index >= 15 is 0 Å². The van der Waals surface area contributed by atoms with Crippen molar-refractivity contribution in [2.75, 3.05) is 0 Å². The molecular formula is C14H17NO5. The van der Waals surface area contributed by atoms with Crippen molar-refractivity contribution in [2.24, 2.45) is 0 Å². The molecule has 0 saturated carbocycles. The molecule has 1 aromatic rings. The Labute approximate surface area is 116 Å². The number of carbonyl (C=O) groups is 3. The summed E-state index contributed by atoms with van der Waals surface area (Å²) < 4.78 is 5.02. The van der Waals surface area contributed by atoms with Crippen LogP contribution < -0.4 is 5.32 Å². The molecule has 1 rings (SSSR count). The quantitative estimate of drug-likeness (QED) is 0.729. The second-order valence-corrected chi connectivity index (χ2v) is 4.28. The van der Waals surface area contributed by atoms with Gasteiger partial charge in [-0.15, -0.1) is 0 Å². The zero-order chi connectivity index (χ0) is 15.0. The van der Waals surface area contributed by atoms with Crippen molar-refractivity contribution in [1.29, 1.82) is 0 Å². The van der Waals surface area contributed by atoms with Crippen LogP contribution in [0.2, 0.25) is 0 Å². The van der Waals surface area contributed by atoms with E-state index in [1.165, 1.54) is 6.92 Å². The van der Waals surface area contributed by atoms with Crippen molar-refractivity contribution in [3.8, 4) is 0 Å². The summed E-state index contributed by atoms with van der Waals surface area (Å²) in [6, 6.07) is 8.10. The SMILES string of the molecule is CC(=O)NC(CCC(=O)OCc1ccccc1)C(=O)O. The third kappa shape index (κ3) is 5.99. The highest BCUT2D eigenvalue weighted by atomic mass is 16.5. The Morgan fingerprint density at radius 1 is 1.25 bits per heavy atom. The predicted molar refractivity (Wildman–Crippen MR) is 70.7 cm³/mol. The molecule has 2 N–H and O–H groups in total. The summed E-state index contributed by atoms with van der Waals surface area (Å²) in [4.78, 5) is 33.2. The number of esters is 1. The zero-order valence-electron chi connectivity index (χ0n) is 11.2. The summed E-state index contributed by atoms with van der Waals surface area (Å²) in [5, 5.41) is 11.1. The van der Waals surface area contributed by atoms with Crippen LogP contribution in [0, 0.1) is 0 Å². The van der Waals surface area contributed by atoms with E-state index in [4.69, 9.17) is 9.84 Å². The van der Waals surface area contributed by atoms with Crippen molar-refractivity contribution in [3.63, 3.8) is 0 Å². The fourth-order valence-corrected chi connectivity index (χ4v) is 1.58. The molecule has 0 aliphatic rings. The fourth-order valence-electron chi connectivity index (χ4n) is 1.58. The molecule has 1 amide bonds. The Balaban J connectivity index is 2.34. The van der Waals surface area contributed by atoms with Crippen LogP contribution in [0.3, 0.4) is 0 Å². The maximum absolute atomic E-state index is 11.5. The van der Waals surface area contributed by atoms with E-state index in [1.807, 2.05) is 30.3 Å². The molecule has 20 heavy (non-hydrogen) atoms. The van der Waals surface area contributed by atoms with Crippen LogP contribution in [0.15, 0.2) is 30.3 Å². The van der Waals surface area contributed by atoms with Gasteiger partial charge in [0.15, 0.2) is 0 Å². The normalized spacial score (nSPS) is 11.4. The lowest BCUT2D eigenvalue weighted by Gasteiger charge is -2.12. The van der Waals surface area contributed by atoms with Gasteiger partial charge in [-0.3, -0.25) is 9.59 Å². The summed E-state index contributed by atoms with van der Waals surface area (Å²) in [5.74, 6) is -2.11. The standard InChI is InChI=1S/C14H17NO5/c1-10(16)15-12(14(18)19)7-8-13(17)20-9-11-5-3-2-4-6-11/h2-6,12H,7-9H2,1H3,(H,15,16)(H,18,19). The summed E-state index contributed by atoms with van der Waals surface area (Å²) in [6.07, 6.45) is -0.0629. The number of hydrogen-bond acceptors (Lipinski definition) is 4. The summed E-state index contributed by atoms with van der Waals surface area (Å²) in [6.45, 7) is 1.38. The van der Waals surface area contributed by atoms with E-state index < -0.39 is 23.9 Å². The summed E-state index contributed by atoms with van der Waals surface area (Å²) in [5.41, 5.74) is 0.859. The molecule has 1 unspecified atom stereocenters. The van der Waals surface area contributed by atoms with Gasteiger partial charge in [0.05, 0.1) is 0 Å². The predicted octanol–water partition coefficient (Wildman–Crippen LogP) is 1.10. The molecule has 0 aromatic heterocycles. The number of aliphatic carboxylic acids is 1. The lowest BCUT2D eigenvalue weighted by Crippen LogP contribution is -2.39. The first kappa shape index (κ1) is 15.7. The summed E-state index contributed by atoms with van der Waals surface area (Å²) >= 11 is 0. The molecule has 1 atom stereocenters. The Kier molecular flexibility index (Phi) is 6.22.